The number of rotatable bonds is 4. The number of H-pyrrole nitrogens is 1. The first-order valence-electron chi connectivity index (χ1n) is 6.15. The van der Waals surface area contributed by atoms with Gasteiger partial charge in [0.15, 0.2) is 0 Å². The summed E-state index contributed by atoms with van der Waals surface area (Å²) in [5.74, 6) is 0.280. The molecule has 0 radical (unpaired) electrons. The van der Waals surface area contributed by atoms with Crippen LogP contribution in [0.2, 0.25) is 0 Å². The van der Waals surface area contributed by atoms with Crippen molar-refractivity contribution < 1.29 is 4.79 Å². The molecule has 1 aliphatic rings. The molecular formula is C13H21N3O. The summed E-state index contributed by atoms with van der Waals surface area (Å²) in [5, 5.41) is 3.03. The summed E-state index contributed by atoms with van der Waals surface area (Å²) in [7, 11) is 0. The number of carbonyl (C=O) groups is 1. The van der Waals surface area contributed by atoms with E-state index in [9.17, 15) is 4.79 Å². The number of nitrogens with two attached hydrogens (primary N) is 1. The monoisotopic (exact) mass is 235 g/mol. The Bertz CT molecular complexity index is 377. The molecule has 0 saturated heterocycles. The lowest BCUT2D eigenvalue weighted by Gasteiger charge is -2.32. The molecule has 2 rings (SSSR count). The number of nitrogens with one attached hydrogen (secondary N) is 2. The molecule has 1 aliphatic carbocycles. The quantitative estimate of drug-likeness (QED) is 0.732. The van der Waals surface area contributed by atoms with E-state index in [-0.39, 0.29) is 23.3 Å². The van der Waals surface area contributed by atoms with E-state index in [1.54, 1.807) is 0 Å². The summed E-state index contributed by atoms with van der Waals surface area (Å²) < 4.78 is 0. The third-order valence-electron chi connectivity index (χ3n) is 3.63. The third kappa shape index (κ3) is 2.69. The highest BCUT2D eigenvalue weighted by atomic mass is 16.1. The average molecular weight is 235 g/mol. The zero-order valence-electron chi connectivity index (χ0n) is 10.5. The summed E-state index contributed by atoms with van der Waals surface area (Å²) in [6, 6.07) is 2.27. The molecule has 0 unspecified atom stereocenters. The van der Waals surface area contributed by atoms with Crippen LogP contribution in [0.4, 0.5) is 0 Å². The molecule has 0 spiro atoms. The molecule has 1 aromatic heterocycles. The summed E-state index contributed by atoms with van der Waals surface area (Å²) >= 11 is 0. The van der Waals surface area contributed by atoms with Gasteiger partial charge in [-0.2, -0.15) is 0 Å². The topological polar surface area (TPSA) is 70.9 Å². The summed E-state index contributed by atoms with van der Waals surface area (Å²) in [6.45, 7) is 4.92. The van der Waals surface area contributed by atoms with Crippen LogP contribution in [0.3, 0.4) is 0 Å². The van der Waals surface area contributed by atoms with Crippen molar-refractivity contribution in [2.75, 3.05) is 6.54 Å². The molecular weight excluding hydrogens is 214 g/mol. The first-order chi connectivity index (χ1) is 7.99. The van der Waals surface area contributed by atoms with Crippen molar-refractivity contribution in [1.82, 2.24) is 10.3 Å². The van der Waals surface area contributed by atoms with E-state index in [1.165, 1.54) is 5.56 Å². The van der Waals surface area contributed by atoms with Gasteiger partial charge >= 0.3 is 0 Å². The van der Waals surface area contributed by atoms with Crippen molar-refractivity contribution in [3.8, 4) is 0 Å². The lowest BCUT2D eigenvalue weighted by Crippen LogP contribution is -2.47. The first kappa shape index (κ1) is 12.2. The van der Waals surface area contributed by atoms with Crippen LogP contribution in [-0.4, -0.2) is 23.5 Å². The second-order valence-electron chi connectivity index (χ2n) is 5.63. The molecule has 17 heavy (non-hydrogen) atoms. The van der Waals surface area contributed by atoms with Gasteiger partial charge in [-0.1, -0.05) is 13.8 Å². The maximum atomic E-state index is 11.8. The molecule has 1 heterocycles. The van der Waals surface area contributed by atoms with Crippen LogP contribution in [0.25, 0.3) is 0 Å². The maximum absolute atomic E-state index is 11.8. The van der Waals surface area contributed by atoms with Gasteiger partial charge in [-0.15, -0.1) is 0 Å². The Balaban J connectivity index is 1.83. The average Bonchev–Trinajstić information content (AvgIpc) is 2.75. The Morgan fingerprint density at radius 3 is 2.82 bits per heavy atom. The Kier molecular flexibility index (Phi) is 3.24. The van der Waals surface area contributed by atoms with Gasteiger partial charge in [0.25, 0.3) is 0 Å². The standard InChI is InChI=1S/C13H21N3O/c1-13(2,10-3-4-15-7-10)8-16-12(17)9-5-11(14)6-9/h3-4,7,9,11,15H,5-6,8,14H2,1-2H3,(H,16,17). The van der Waals surface area contributed by atoms with Gasteiger partial charge in [-0.05, 0) is 24.5 Å². The van der Waals surface area contributed by atoms with Gasteiger partial charge in [0, 0.05) is 36.3 Å². The Morgan fingerprint density at radius 1 is 1.59 bits per heavy atom. The Labute approximate surface area is 102 Å². The number of hydrogen-bond acceptors (Lipinski definition) is 2. The minimum atomic E-state index is -0.0402. The predicted octanol–water partition coefficient (Wildman–Crippen LogP) is 1.15. The smallest absolute Gasteiger partial charge is 0.223 e. The molecule has 0 aromatic carbocycles. The van der Waals surface area contributed by atoms with Gasteiger partial charge in [0.05, 0.1) is 0 Å². The van der Waals surface area contributed by atoms with Gasteiger partial charge in [-0.3, -0.25) is 4.79 Å². The van der Waals surface area contributed by atoms with Crippen molar-refractivity contribution in [3.05, 3.63) is 24.0 Å². The van der Waals surface area contributed by atoms with Crippen LogP contribution >= 0.6 is 0 Å². The third-order valence-corrected chi connectivity index (χ3v) is 3.63. The van der Waals surface area contributed by atoms with Crippen molar-refractivity contribution in [2.24, 2.45) is 11.7 Å². The van der Waals surface area contributed by atoms with Crippen LogP contribution in [0.5, 0.6) is 0 Å². The van der Waals surface area contributed by atoms with E-state index in [4.69, 9.17) is 5.73 Å². The highest BCUT2D eigenvalue weighted by molar-refractivity contribution is 5.79. The predicted molar refractivity (Wildman–Crippen MR) is 67.5 cm³/mol. The molecule has 4 heteroatoms. The molecule has 4 nitrogen and oxygen atoms in total. The molecule has 1 amide bonds. The van der Waals surface area contributed by atoms with E-state index >= 15 is 0 Å². The number of amides is 1. The zero-order valence-corrected chi connectivity index (χ0v) is 10.5. The fraction of sp³-hybridized carbons (Fsp3) is 0.615. The largest absolute Gasteiger partial charge is 0.367 e. The lowest BCUT2D eigenvalue weighted by molar-refractivity contribution is -0.128. The normalized spacial score (nSPS) is 24.2. The summed E-state index contributed by atoms with van der Waals surface area (Å²) in [5.41, 5.74) is 6.85. The highest BCUT2D eigenvalue weighted by Gasteiger charge is 2.32. The van der Waals surface area contributed by atoms with Gasteiger partial charge in [0.1, 0.15) is 0 Å². The van der Waals surface area contributed by atoms with E-state index < -0.39 is 0 Å². The van der Waals surface area contributed by atoms with E-state index in [2.05, 4.69) is 24.1 Å². The van der Waals surface area contributed by atoms with Crippen molar-refractivity contribution in [2.45, 2.75) is 38.1 Å². The number of carbonyl (C=O) groups excluding carboxylic acids is 1. The first-order valence-corrected chi connectivity index (χ1v) is 6.15. The molecule has 4 N–H and O–H groups in total. The van der Waals surface area contributed by atoms with Crippen LogP contribution in [0.15, 0.2) is 18.5 Å². The van der Waals surface area contributed by atoms with E-state index in [1.807, 2.05) is 18.5 Å². The highest BCUT2D eigenvalue weighted by Crippen LogP contribution is 2.26. The van der Waals surface area contributed by atoms with Crippen LogP contribution in [0.1, 0.15) is 32.3 Å². The number of aromatic amines is 1. The minimum Gasteiger partial charge on any atom is -0.367 e. The summed E-state index contributed by atoms with van der Waals surface area (Å²) in [6.07, 6.45) is 5.54. The van der Waals surface area contributed by atoms with Crippen molar-refractivity contribution in [1.29, 1.82) is 0 Å². The van der Waals surface area contributed by atoms with Crippen molar-refractivity contribution in [3.63, 3.8) is 0 Å². The molecule has 0 aliphatic heterocycles. The molecule has 1 saturated carbocycles. The Hall–Kier alpha value is -1.29. The Morgan fingerprint density at radius 2 is 2.29 bits per heavy atom. The van der Waals surface area contributed by atoms with Crippen molar-refractivity contribution >= 4 is 5.91 Å². The molecule has 0 bridgehead atoms. The SMILES string of the molecule is CC(C)(CNC(=O)C1CC(N)C1)c1cc[nH]c1. The lowest BCUT2D eigenvalue weighted by atomic mass is 9.80. The van der Waals surface area contributed by atoms with E-state index in [0.717, 1.165) is 12.8 Å². The van der Waals surface area contributed by atoms with E-state index in [0.29, 0.717) is 6.54 Å². The summed E-state index contributed by atoms with van der Waals surface area (Å²) in [4.78, 5) is 14.9. The number of hydrogen-bond donors (Lipinski definition) is 3. The zero-order chi connectivity index (χ0) is 12.5. The maximum Gasteiger partial charge on any atom is 0.223 e. The fourth-order valence-corrected chi connectivity index (χ4v) is 2.18. The fourth-order valence-electron chi connectivity index (χ4n) is 2.18. The minimum absolute atomic E-state index is 0.0402. The molecule has 94 valence electrons. The molecule has 0 atom stereocenters. The van der Waals surface area contributed by atoms with Crippen LogP contribution in [0, 0.1) is 5.92 Å². The second kappa shape index (κ2) is 4.53. The van der Waals surface area contributed by atoms with Crippen LogP contribution in [-0.2, 0) is 10.2 Å². The van der Waals surface area contributed by atoms with Crippen LogP contribution < -0.4 is 11.1 Å². The van der Waals surface area contributed by atoms with Gasteiger partial charge in [0.2, 0.25) is 5.91 Å². The van der Waals surface area contributed by atoms with Gasteiger partial charge < -0.3 is 16.0 Å². The number of aromatic nitrogens is 1. The van der Waals surface area contributed by atoms with Gasteiger partial charge in [-0.25, -0.2) is 0 Å². The molecule has 1 fully saturated rings. The molecule has 1 aromatic rings. The second-order valence-corrected chi connectivity index (χ2v) is 5.63.